The lowest BCUT2D eigenvalue weighted by Crippen LogP contribution is -2.32. The van der Waals surface area contributed by atoms with E-state index in [-0.39, 0.29) is 0 Å². The van der Waals surface area contributed by atoms with Crippen LogP contribution in [0.2, 0.25) is 0 Å². The number of benzene rings is 1. The standard InChI is InChI=1S/C17H25N/c1-18-16(10-13-6-2-3-7-13)12-15-11-14-8-4-5-9-17(14)15/h4-5,8-9,13,15-16,18H,2-3,6-7,10-12H2,1H3. The summed E-state index contributed by atoms with van der Waals surface area (Å²) in [7, 11) is 2.14. The zero-order valence-electron chi connectivity index (χ0n) is 11.5. The molecular weight excluding hydrogens is 218 g/mol. The smallest absolute Gasteiger partial charge is 0.00726 e. The van der Waals surface area contributed by atoms with Crippen LogP contribution in [0.25, 0.3) is 0 Å². The summed E-state index contributed by atoms with van der Waals surface area (Å²) < 4.78 is 0. The lowest BCUT2D eigenvalue weighted by molar-refractivity contribution is 0.357. The molecule has 1 aromatic rings. The number of hydrogen-bond acceptors (Lipinski definition) is 1. The summed E-state index contributed by atoms with van der Waals surface area (Å²) in [5, 5.41) is 3.56. The molecule has 2 aliphatic carbocycles. The highest BCUT2D eigenvalue weighted by molar-refractivity contribution is 5.39. The fourth-order valence-corrected chi connectivity index (χ4v) is 3.90. The second-order valence-electron chi connectivity index (χ2n) is 6.21. The zero-order valence-corrected chi connectivity index (χ0v) is 11.5. The van der Waals surface area contributed by atoms with E-state index in [9.17, 15) is 0 Å². The fourth-order valence-electron chi connectivity index (χ4n) is 3.90. The van der Waals surface area contributed by atoms with Crippen LogP contribution in [0.1, 0.15) is 55.6 Å². The maximum absolute atomic E-state index is 3.56. The van der Waals surface area contributed by atoms with Gasteiger partial charge in [0, 0.05) is 6.04 Å². The molecule has 1 saturated carbocycles. The Kier molecular flexibility index (Phi) is 3.69. The highest BCUT2D eigenvalue weighted by atomic mass is 14.9. The number of rotatable bonds is 5. The van der Waals surface area contributed by atoms with Gasteiger partial charge in [-0.25, -0.2) is 0 Å². The highest BCUT2D eigenvalue weighted by Crippen LogP contribution is 2.39. The van der Waals surface area contributed by atoms with Crippen LogP contribution < -0.4 is 5.32 Å². The fraction of sp³-hybridized carbons (Fsp3) is 0.647. The normalized spacial score (nSPS) is 24.6. The van der Waals surface area contributed by atoms with E-state index in [2.05, 4.69) is 36.6 Å². The number of nitrogens with one attached hydrogen (secondary N) is 1. The Balaban J connectivity index is 1.55. The van der Waals surface area contributed by atoms with Crippen molar-refractivity contribution in [3.05, 3.63) is 35.4 Å². The second kappa shape index (κ2) is 5.44. The molecular formula is C17H25N. The molecule has 0 radical (unpaired) electrons. The molecule has 1 fully saturated rings. The maximum atomic E-state index is 3.56. The molecule has 1 nitrogen and oxygen atoms in total. The van der Waals surface area contributed by atoms with Gasteiger partial charge < -0.3 is 5.32 Å². The minimum atomic E-state index is 0.728. The summed E-state index contributed by atoms with van der Waals surface area (Å²) in [5.41, 5.74) is 3.20. The molecule has 0 bridgehead atoms. The molecule has 0 spiro atoms. The Bertz CT molecular complexity index is 392. The summed E-state index contributed by atoms with van der Waals surface area (Å²) in [6, 6.07) is 9.70. The molecule has 0 heterocycles. The highest BCUT2D eigenvalue weighted by Gasteiger charge is 2.29. The van der Waals surface area contributed by atoms with E-state index in [0.29, 0.717) is 0 Å². The predicted octanol–water partition coefficient (Wildman–Crippen LogP) is 3.88. The van der Waals surface area contributed by atoms with E-state index in [1.807, 2.05) is 0 Å². The second-order valence-corrected chi connectivity index (χ2v) is 6.21. The van der Waals surface area contributed by atoms with E-state index in [4.69, 9.17) is 0 Å². The summed E-state index contributed by atoms with van der Waals surface area (Å²) in [6.45, 7) is 0. The summed E-state index contributed by atoms with van der Waals surface area (Å²) >= 11 is 0. The van der Waals surface area contributed by atoms with Crippen LogP contribution in [0, 0.1) is 5.92 Å². The molecule has 98 valence electrons. The van der Waals surface area contributed by atoms with Crippen LogP contribution in [0.5, 0.6) is 0 Å². The summed E-state index contributed by atoms with van der Waals surface area (Å²) in [5.74, 6) is 1.82. The first-order valence-corrected chi connectivity index (χ1v) is 7.62. The van der Waals surface area contributed by atoms with E-state index >= 15 is 0 Å². The van der Waals surface area contributed by atoms with Gasteiger partial charge in [0.15, 0.2) is 0 Å². The lowest BCUT2D eigenvalue weighted by Gasteiger charge is -2.33. The molecule has 2 aliphatic rings. The SMILES string of the molecule is CNC(CC1CCCC1)CC1Cc2ccccc21. The van der Waals surface area contributed by atoms with Gasteiger partial charge in [0.1, 0.15) is 0 Å². The summed E-state index contributed by atoms with van der Waals surface area (Å²) in [4.78, 5) is 0. The Morgan fingerprint density at radius 1 is 1.17 bits per heavy atom. The van der Waals surface area contributed by atoms with Gasteiger partial charge in [-0.15, -0.1) is 0 Å². The van der Waals surface area contributed by atoms with Gasteiger partial charge in [0.05, 0.1) is 0 Å². The lowest BCUT2D eigenvalue weighted by atomic mass is 9.73. The molecule has 3 rings (SSSR count). The number of fused-ring (bicyclic) bond motifs is 1. The Morgan fingerprint density at radius 2 is 1.94 bits per heavy atom. The van der Waals surface area contributed by atoms with Crippen molar-refractivity contribution < 1.29 is 0 Å². The molecule has 1 heteroatoms. The molecule has 2 atom stereocenters. The first-order valence-electron chi connectivity index (χ1n) is 7.62. The van der Waals surface area contributed by atoms with Crippen molar-refractivity contribution >= 4 is 0 Å². The van der Waals surface area contributed by atoms with Gasteiger partial charge in [-0.3, -0.25) is 0 Å². The van der Waals surface area contributed by atoms with E-state index in [1.54, 1.807) is 11.1 Å². The molecule has 0 saturated heterocycles. The Labute approximate surface area is 111 Å². The van der Waals surface area contributed by atoms with Gasteiger partial charge in [-0.2, -0.15) is 0 Å². The number of hydrogen-bond donors (Lipinski definition) is 1. The van der Waals surface area contributed by atoms with Crippen molar-refractivity contribution in [2.24, 2.45) is 5.92 Å². The van der Waals surface area contributed by atoms with Crippen LogP contribution in [0.15, 0.2) is 24.3 Å². The van der Waals surface area contributed by atoms with Crippen molar-refractivity contribution in [3.8, 4) is 0 Å². The zero-order chi connectivity index (χ0) is 12.4. The van der Waals surface area contributed by atoms with Gasteiger partial charge in [0.25, 0.3) is 0 Å². The average Bonchev–Trinajstić information content (AvgIpc) is 2.87. The quantitative estimate of drug-likeness (QED) is 0.827. The molecule has 0 amide bonds. The molecule has 1 N–H and O–H groups in total. The third-order valence-corrected chi connectivity index (χ3v) is 5.03. The van der Waals surface area contributed by atoms with Crippen molar-refractivity contribution in [2.45, 2.75) is 56.9 Å². The van der Waals surface area contributed by atoms with Crippen LogP contribution in [-0.2, 0) is 6.42 Å². The van der Waals surface area contributed by atoms with Crippen LogP contribution in [0.4, 0.5) is 0 Å². The third-order valence-electron chi connectivity index (χ3n) is 5.03. The van der Waals surface area contributed by atoms with Gasteiger partial charge in [0.2, 0.25) is 0 Å². The first kappa shape index (κ1) is 12.2. The minimum absolute atomic E-state index is 0.728. The van der Waals surface area contributed by atoms with Crippen molar-refractivity contribution in [3.63, 3.8) is 0 Å². The van der Waals surface area contributed by atoms with Crippen LogP contribution >= 0.6 is 0 Å². The van der Waals surface area contributed by atoms with E-state index in [1.165, 1.54) is 44.9 Å². The summed E-state index contributed by atoms with van der Waals surface area (Å²) in [6.07, 6.45) is 9.91. The first-order chi connectivity index (χ1) is 8.86. The molecule has 1 aromatic carbocycles. The molecule has 0 aliphatic heterocycles. The topological polar surface area (TPSA) is 12.0 Å². The van der Waals surface area contributed by atoms with Crippen molar-refractivity contribution in [1.29, 1.82) is 0 Å². The Morgan fingerprint density at radius 3 is 2.67 bits per heavy atom. The van der Waals surface area contributed by atoms with E-state index in [0.717, 1.165) is 17.9 Å². The van der Waals surface area contributed by atoms with E-state index < -0.39 is 0 Å². The maximum Gasteiger partial charge on any atom is 0.00726 e. The minimum Gasteiger partial charge on any atom is -0.317 e. The van der Waals surface area contributed by atoms with Crippen LogP contribution in [0.3, 0.4) is 0 Å². The van der Waals surface area contributed by atoms with Gasteiger partial charge >= 0.3 is 0 Å². The van der Waals surface area contributed by atoms with Gasteiger partial charge in [-0.05, 0) is 49.3 Å². The van der Waals surface area contributed by atoms with Crippen LogP contribution in [-0.4, -0.2) is 13.1 Å². The Hall–Kier alpha value is -0.820. The third kappa shape index (κ3) is 2.47. The molecule has 18 heavy (non-hydrogen) atoms. The predicted molar refractivity (Wildman–Crippen MR) is 76.9 cm³/mol. The average molecular weight is 243 g/mol. The monoisotopic (exact) mass is 243 g/mol. The molecule has 0 aromatic heterocycles. The molecule has 2 unspecified atom stereocenters. The largest absolute Gasteiger partial charge is 0.317 e. The van der Waals surface area contributed by atoms with Crippen molar-refractivity contribution in [1.82, 2.24) is 5.32 Å². The van der Waals surface area contributed by atoms with Crippen molar-refractivity contribution in [2.75, 3.05) is 7.05 Å². The van der Waals surface area contributed by atoms with Gasteiger partial charge in [-0.1, -0.05) is 49.9 Å².